The summed E-state index contributed by atoms with van der Waals surface area (Å²) in [6.45, 7) is 9.23. The Balaban J connectivity index is 1.91. The Bertz CT molecular complexity index is 318. The summed E-state index contributed by atoms with van der Waals surface area (Å²) in [5.74, 6) is 1.51. The maximum Gasteiger partial charge on any atom is 0.236 e. The van der Waals surface area contributed by atoms with Crippen molar-refractivity contribution in [3.8, 4) is 0 Å². The van der Waals surface area contributed by atoms with Gasteiger partial charge in [0, 0.05) is 36.2 Å². The SMILES string of the molecule is CCN(C(=O)CN1CCS[C@@H](C)[C@@H]1C)C1CCCCC1. The Hall–Kier alpha value is -0.220. The first-order valence-corrected chi connectivity index (χ1v) is 9.33. The van der Waals surface area contributed by atoms with Crippen molar-refractivity contribution in [1.82, 2.24) is 9.80 Å². The second kappa shape index (κ2) is 7.69. The van der Waals surface area contributed by atoms with Crippen LogP contribution in [0, 0.1) is 0 Å². The van der Waals surface area contributed by atoms with E-state index in [0.29, 0.717) is 29.8 Å². The van der Waals surface area contributed by atoms with E-state index in [2.05, 4.69) is 30.6 Å². The second-order valence-electron chi connectivity index (χ2n) is 6.26. The highest BCUT2D eigenvalue weighted by atomic mass is 32.2. The molecule has 0 spiro atoms. The highest BCUT2D eigenvalue weighted by Crippen LogP contribution is 2.25. The van der Waals surface area contributed by atoms with Gasteiger partial charge in [0.2, 0.25) is 5.91 Å². The Morgan fingerprint density at radius 2 is 1.95 bits per heavy atom. The van der Waals surface area contributed by atoms with Crippen LogP contribution in [0.4, 0.5) is 0 Å². The third kappa shape index (κ3) is 3.91. The molecular formula is C16H30N2OS. The molecule has 0 N–H and O–H groups in total. The Morgan fingerprint density at radius 3 is 2.60 bits per heavy atom. The average molecular weight is 298 g/mol. The lowest BCUT2D eigenvalue weighted by atomic mass is 9.94. The van der Waals surface area contributed by atoms with E-state index in [-0.39, 0.29) is 0 Å². The van der Waals surface area contributed by atoms with E-state index < -0.39 is 0 Å². The van der Waals surface area contributed by atoms with Crippen LogP contribution in [0.15, 0.2) is 0 Å². The first-order chi connectivity index (χ1) is 9.63. The van der Waals surface area contributed by atoms with Crippen molar-refractivity contribution in [3.05, 3.63) is 0 Å². The summed E-state index contributed by atoms with van der Waals surface area (Å²) in [5, 5.41) is 0.640. The molecule has 1 aliphatic carbocycles. The number of carbonyl (C=O) groups is 1. The summed E-state index contributed by atoms with van der Waals surface area (Å²) >= 11 is 2.03. The van der Waals surface area contributed by atoms with Gasteiger partial charge in [0.05, 0.1) is 6.54 Å². The van der Waals surface area contributed by atoms with Gasteiger partial charge in [-0.3, -0.25) is 9.69 Å². The lowest BCUT2D eigenvalue weighted by Crippen LogP contribution is -2.51. The maximum atomic E-state index is 12.7. The van der Waals surface area contributed by atoms with Gasteiger partial charge in [-0.2, -0.15) is 11.8 Å². The summed E-state index contributed by atoms with van der Waals surface area (Å²) in [5.41, 5.74) is 0. The number of thioether (sulfide) groups is 1. The molecule has 2 aliphatic rings. The molecule has 1 aliphatic heterocycles. The molecule has 116 valence electrons. The summed E-state index contributed by atoms with van der Waals surface area (Å²) in [4.78, 5) is 17.2. The van der Waals surface area contributed by atoms with Gasteiger partial charge in [0.25, 0.3) is 0 Å². The van der Waals surface area contributed by atoms with Crippen LogP contribution < -0.4 is 0 Å². The van der Waals surface area contributed by atoms with Crippen molar-refractivity contribution in [2.45, 2.75) is 70.2 Å². The lowest BCUT2D eigenvalue weighted by Gasteiger charge is -2.40. The zero-order valence-electron chi connectivity index (χ0n) is 13.3. The molecule has 0 aromatic heterocycles. The van der Waals surface area contributed by atoms with Crippen molar-refractivity contribution in [2.24, 2.45) is 0 Å². The molecule has 2 rings (SSSR count). The maximum absolute atomic E-state index is 12.7. The van der Waals surface area contributed by atoms with Crippen molar-refractivity contribution in [2.75, 3.05) is 25.4 Å². The Kier molecular flexibility index (Phi) is 6.21. The van der Waals surface area contributed by atoms with Crippen LogP contribution in [0.5, 0.6) is 0 Å². The van der Waals surface area contributed by atoms with Gasteiger partial charge in [-0.15, -0.1) is 0 Å². The highest BCUT2D eigenvalue weighted by Gasteiger charge is 2.30. The van der Waals surface area contributed by atoms with Gasteiger partial charge in [0.1, 0.15) is 0 Å². The third-order valence-electron chi connectivity index (χ3n) is 5.03. The molecule has 1 saturated carbocycles. The lowest BCUT2D eigenvalue weighted by molar-refractivity contribution is -0.135. The molecule has 0 aromatic rings. The van der Waals surface area contributed by atoms with Crippen LogP contribution in [0.1, 0.15) is 52.9 Å². The fraction of sp³-hybridized carbons (Fsp3) is 0.938. The predicted molar refractivity (Wildman–Crippen MR) is 87.2 cm³/mol. The molecule has 2 fully saturated rings. The zero-order chi connectivity index (χ0) is 14.5. The number of hydrogen-bond acceptors (Lipinski definition) is 3. The van der Waals surface area contributed by atoms with Gasteiger partial charge in [0.15, 0.2) is 0 Å². The first-order valence-electron chi connectivity index (χ1n) is 8.28. The first kappa shape index (κ1) is 16.2. The van der Waals surface area contributed by atoms with E-state index in [9.17, 15) is 4.79 Å². The molecule has 1 amide bonds. The zero-order valence-corrected chi connectivity index (χ0v) is 14.1. The number of likely N-dealkylation sites (N-methyl/N-ethyl adjacent to an activating group) is 1. The van der Waals surface area contributed by atoms with Crippen LogP contribution in [0.25, 0.3) is 0 Å². The van der Waals surface area contributed by atoms with Crippen molar-refractivity contribution in [1.29, 1.82) is 0 Å². The molecule has 0 bridgehead atoms. The van der Waals surface area contributed by atoms with Gasteiger partial charge >= 0.3 is 0 Å². The number of amides is 1. The molecule has 1 saturated heterocycles. The van der Waals surface area contributed by atoms with Crippen LogP contribution in [0.2, 0.25) is 0 Å². The van der Waals surface area contributed by atoms with Crippen molar-refractivity contribution < 1.29 is 4.79 Å². The molecule has 1 heterocycles. The van der Waals surface area contributed by atoms with Crippen LogP contribution >= 0.6 is 11.8 Å². The van der Waals surface area contributed by atoms with Gasteiger partial charge in [-0.1, -0.05) is 26.2 Å². The number of carbonyl (C=O) groups excluding carboxylic acids is 1. The molecule has 0 aromatic carbocycles. The number of hydrogen-bond donors (Lipinski definition) is 0. The van der Waals surface area contributed by atoms with Gasteiger partial charge < -0.3 is 4.90 Å². The molecular weight excluding hydrogens is 268 g/mol. The summed E-state index contributed by atoms with van der Waals surface area (Å²) in [7, 11) is 0. The van der Waals surface area contributed by atoms with E-state index in [1.54, 1.807) is 0 Å². The molecule has 2 atom stereocenters. The van der Waals surface area contributed by atoms with Gasteiger partial charge in [-0.05, 0) is 26.7 Å². The van der Waals surface area contributed by atoms with E-state index >= 15 is 0 Å². The normalized spacial score (nSPS) is 29.4. The Labute approximate surface area is 128 Å². The minimum atomic E-state index is 0.352. The number of rotatable bonds is 4. The Morgan fingerprint density at radius 1 is 1.25 bits per heavy atom. The van der Waals surface area contributed by atoms with E-state index in [1.165, 1.54) is 32.1 Å². The van der Waals surface area contributed by atoms with Crippen LogP contribution in [-0.2, 0) is 4.79 Å². The average Bonchev–Trinajstić information content (AvgIpc) is 2.46. The summed E-state index contributed by atoms with van der Waals surface area (Å²) in [6, 6.07) is 1.02. The highest BCUT2D eigenvalue weighted by molar-refractivity contribution is 8.00. The smallest absolute Gasteiger partial charge is 0.236 e. The minimum absolute atomic E-state index is 0.352. The fourth-order valence-electron chi connectivity index (χ4n) is 3.51. The third-order valence-corrected chi connectivity index (χ3v) is 6.37. The van der Waals surface area contributed by atoms with E-state index in [4.69, 9.17) is 0 Å². The molecule has 0 radical (unpaired) electrons. The van der Waals surface area contributed by atoms with E-state index in [1.807, 2.05) is 11.8 Å². The monoisotopic (exact) mass is 298 g/mol. The molecule has 4 heteroatoms. The topological polar surface area (TPSA) is 23.6 Å². The minimum Gasteiger partial charge on any atom is -0.339 e. The van der Waals surface area contributed by atoms with Crippen molar-refractivity contribution >= 4 is 17.7 Å². The van der Waals surface area contributed by atoms with Crippen LogP contribution in [-0.4, -0.2) is 58.4 Å². The van der Waals surface area contributed by atoms with Gasteiger partial charge in [-0.25, -0.2) is 0 Å². The largest absolute Gasteiger partial charge is 0.339 e. The van der Waals surface area contributed by atoms with Crippen LogP contribution in [0.3, 0.4) is 0 Å². The fourth-order valence-corrected chi connectivity index (χ4v) is 4.68. The number of nitrogens with zero attached hydrogens (tertiary/aromatic N) is 2. The molecule has 20 heavy (non-hydrogen) atoms. The quantitative estimate of drug-likeness (QED) is 0.797. The predicted octanol–water partition coefficient (Wildman–Crippen LogP) is 2.99. The van der Waals surface area contributed by atoms with E-state index in [0.717, 1.165) is 18.8 Å². The molecule has 3 nitrogen and oxygen atoms in total. The second-order valence-corrected chi connectivity index (χ2v) is 7.74. The standard InChI is InChI=1S/C16H30N2OS/c1-4-18(15-8-6-5-7-9-15)16(19)12-17-10-11-20-14(3)13(17)2/h13-15H,4-12H2,1-3H3/t13-,14-/m0/s1. The summed E-state index contributed by atoms with van der Waals surface area (Å²) in [6.07, 6.45) is 6.35. The molecule has 0 unspecified atom stereocenters. The summed E-state index contributed by atoms with van der Waals surface area (Å²) < 4.78 is 0. The van der Waals surface area contributed by atoms with Crippen molar-refractivity contribution in [3.63, 3.8) is 0 Å².